The molecule has 0 fully saturated rings. The molecule has 11 rings (SSSR count). The van der Waals surface area contributed by atoms with Crippen molar-refractivity contribution in [3.8, 4) is 39.1 Å². The van der Waals surface area contributed by atoms with Gasteiger partial charge in [0, 0.05) is 53.7 Å². The number of rotatable bonds is 7. The van der Waals surface area contributed by atoms with E-state index < -0.39 is 0 Å². The van der Waals surface area contributed by atoms with Crippen LogP contribution in [0.1, 0.15) is 0 Å². The lowest BCUT2D eigenvalue weighted by Crippen LogP contribution is -2.10. The van der Waals surface area contributed by atoms with Gasteiger partial charge < -0.3 is 9.47 Å². The molecule has 2 aromatic heterocycles. The van der Waals surface area contributed by atoms with Gasteiger partial charge >= 0.3 is 0 Å². The maximum absolute atomic E-state index is 2.40. The van der Waals surface area contributed by atoms with Crippen LogP contribution in [-0.4, -0.2) is 4.57 Å². The smallest absolute Gasteiger partial charge is 0.0541 e. The van der Waals surface area contributed by atoms with Gasteiger partial charge in [0.15, 0.2) is 0 Å². The number of hydrogen-bond acceptors (Lipinski definition) is 2. The topological polar surface area (TPSA) is 8.17 Å². The Bertz CT molecular complexity index is 3100. The number of anilines is 3. The maximum Gasteiger partial charge on any atom is 0.0541 e. The average molecular weight is 745 g/mol. The van der Waals surface area contributed by atoms with Crippen LogP contribution in [-0.2, 0) is 0 Å². The molecule has 0 aliphatic rings. The van der Waals surface area contributed by atoms with Gasteiger partial charge in [0.1, 0.15) is 0 Å². The molecule has 9 aromatic carbocycles. The second-order valence-corrected chi connectivity index (χ2v) is 15.7. The van der Waals surface area contributed by atoms with Crippen LogP contribution in [0.25, 0.3) is 81.0 Å². The van der Waals surface area contributed by atoms with Gasteiger partial charge in [-0.2, -0.15) is 0 Å². The predicted molar refractivity (Wildman–Crippen MR) is 245 cm³/mol. The maximum atomic E-state index is 2.40. The molecule has 0 aliphatic heterocycles. The first-order valence-electron chi connectivity index (χ1n) is 19.4. The number of benzene rings is 9. The predicted octanol–water partition coefficient (Wildman–Crippen LogP) is 15.6. The van der Waals surface area contributed by atoms with Gasteiger partial charge in [-0.1, -0.05) is 133 Å². The molecular weight excluding hydrogens is 709 g/mol. The van der Waals surface area contributed by atoms with E-state index in [-0.39, 0.29) is 0 Å². The zero-order valence-electron chi connectivity index (χ0n) is 31.1. The van der Waals surface area contributed by atoms with Crippen molar-refractivity contribution < 1.29 is 0 Å². The highest BCUT2D eigenvalue weighted by molar-refractivity contribution is 7.25. The summed E-state index contributed by atoms with van der Waals surface area (Å²) in [6.45, 7) is 0. The first-order valence-corrected chi connectivity index (χ1v) is 20.2. The fraction of sp³-hybridized carbons (Fsp3) is 0. The van der Waals surface area contributed by atoms with E-state index in [2.05, 4.69) is 228 Å². The molecule has 2 nitrogen and oxygen atoms in total. The summed E-state index contributed by atoms with van der Waals surface area (Å²) in [5, 5.41) is 5.15. The quantitative estimate of drug-likeness (QED) is 0.158. The van der Waals surface area contributed by atoms with Crippen LogP contribution in [0.3, 0.4) is 0 Å². The zero-order chi connectivity index (χ0) is 37.7. The third-order valence-corrected chi connectivity index (χ3v) is 12.3. The Morgan fingerprint density at radius 3 is 1.39 bits per heavy atom. The Morgan fingerprint density at radius 2 is 0.772 bits per heavy atom. The van der Waals surface area contributed by atoms with Gasteiger partial charge in [-0.25, -0.2) is 0 Å². The van der Waals surface area contributed by atoms with E-state index in [0.717, 1.165) is 22.7 Å². The molecule has 0 saturated carbocycles. The minimum absolute atomic E-state index is 1.09. The summed E-state index contributed by atoms with van der Waals surface area (Å²) in [7, 11) is 0. The van der Waals surface area contributed by atoms with Crippen LogP contribution in [0.4, 0.5) is 17.1 Å². The van der Waals surface area contributed by atoms with Gasteiger partial charge in [-0.05, 0) is 118 Å². The Kier molecular flexibility index (Phi) is 8.04. The largest absolute Gasteiger partial charge is 0.310 e. The monoisotopic (exact) mass is 744 g/mol. The number of para-hydroxylation sites is 2. The van der Waals surface area contributed by atoms with Crippen molar-refractivity contribution in [3.63, 3.8) is 0 Å². The van der Waals surface area contributed by atoms with Gasteiger partial charge in [0.05, 0.1) is 11.0 Å². The molecule has 0 aliphatic carbocycles. The summed E-state index contributed by atoms with van der Waals surface area (Å²) < 4.78 is 5.02. The van der Waals surface area contributed by atoms with E-state index in [1.807, 2.05) is 11.3 Å². The Morgan fingerprint density at radius 1 is 0.298 bits per heavy atom. The van der Waals surface area contributed by atoms with E-state index in [4.69, 9.17) is 0 Å². The second kappa shape index (κ2) is 13.8. The van der Waals surface area contributed by atoms with Crippen LogP contribution in [0.2, 0.25) is 0 Å². The second-order valence-electron chi connectivity index (χ2n) is 14.6. The van der Waals surface area contributed by atoms with Crippen molar-refractivity contribution in [3.05, 3.63) is 218 Å². The van der Waals surface area contributed by atoms with Crippen molar-refractivity contribution >= 4 is 70.4 Å². The fourth-order valence-electron chi connectivity index (χ4n) is 8.44. The molecule has 0 unspecified atom stereocenters. The van der Waals surface area contributed by atoms with Gasteiger partial charge in [0.2, 0.25) is 0 Å². The van der Waals surface area contributed by atoms with Crippen LogP contribution < -0.4 is 4.90 Å². The normalized spacial score (nSPS) is 11.5. The fourth-order valence-corrected chi connectivity index (χ4v) is 9.53. The van der Waals surface area contributed by atoms with Crippen molar-refractivity contribution in [2.75, 3.05) is 4.90 Å². The van der Waals surface area contributed by atoms with Crippen LogP contribution >= 0.6 is 11.3 Å². The summed E-state index contributed by atoms with van der Waals surface area (Å²) in [6, 6.07) is 79.5. The standard InChI is InChI=1S/C54H36N2S/c1-3-13-37(14-4-1)41-33-42(38-15-5-2-6-16-38)35-46(34-41)55(43-26-23-39(24-27-43)40-25-32-54-50(36-40)49-19-9-12-22-53(49)57-54)44-28-30-45(31-29-44)56-51-20-10-7-17-47(51)48-18-8-11-21-52(48)56/h1-36H. The highest BCUT2D eigenvalue weighted by atomic mass is 32.1. The molecule has 0 N–H and O–H groups in total. The molecule has 57 heavy (non-hydrogen) atoms. The van der Waals surface area contributed by atoms with Crippen LogP contribution in [0, 0.1) is 0 Å². The number of aromatic nitrogens is 1. The number of thiophene rings is 1. The molecule has 0 bridgehead atoms. The minimum atomic E-state index is 1.09. The van der Waals surface area contributed by atoms with Gasteiger partial charge in [0.25, 0.3) is 0 Å². The number of hydrogen-bond donors (Lipinski definition) is 0. The molecule has 2 heterocycles. The summed E-state index contributed by atoms with van der Waals surface area (Å²) in [5.74, 6) is 0. The molecule has 0 amide bonds. The lowest BCUT2D eigenvalue weighted by atomic mass is 9.97. The lowest BCUT2D eigenvalue weighted by Gasteiger charge is -2.27. The summed E-state index contributed by atoms with van der Waals surface area (Å²) in [5.41, 5.74) is 13.9. The Hall–Kier alpha value is -7.20. The first kappa shape index (κ1) is 33.2. The number of fused-ring (bicyclic) bond motifs is 6. The van der Waals surface area contributed by atoms with Crippen LogP contribution in [0.5, 0.6) is 0 Å². The summed E-state index contributed by atoms with van der Waals surface area (Å²) in [6.07, 6.45) is 0. The van der Waals surface area contributed by atoms with Gasteiger partial charge in [-0.3, -0.25) is 0 Å². The van der Waals surface area contributed by atoms with Crippen molar-refractivity contribution in [1.82, 2.24) is 4.57 Å². The molecule has 0 spiro atoms. The summed E-state index contributed by atoms with van der Waals surface area (Å²) >= 11 is 1.86. The number of nitrogens with zero attached hydrogens (tertiary/aromatic N) is 2. The Balaban J connectivity index is 1.07. The average Bonchev–Trinajstić information content (AvgIpc) is 3.83. The zero-order valence-corrected chi connectivity index (χ0v) is 31.9. The first-order chi connectivity index (χ1) is 28.2. The van der Waals surface area contributed by atoms with E-state index in [0.29, 0.717) is 0 Å². The molecule has 268 valence electrons. The van der Waals surface area contributed by atoms with Crippen molar-refractivity contribution in [1.29, 1.82) is 0 Å². The molecule has 0 saturated heterocycles. The minimum Gasteiger partial charge on any atom is -0.310 e. The van der Waals surface area contributed by atoms with E-state index in [9.17, 15) is 0 Å². The SMILES string of the molecule is c1ccc(-c2cc(-c3ccccc3)cc(N(c3ccc(-c4ccc5sc6ccccc6c5c4)cc3)c3ccc(-n4c5ccccc5c5ccccc54)cc3)c2)cc1. The molecule has 3 heteroatoms. The molecule has 0 atom stereocenters. The van der Waals surface area contributed by atoms with Crippen molar-refractivity contribution in [2.45, 2.75) is 0 Å². The van der Waals surface area contributed by atoms with E-state index >= 15 is 0 Å². The third kappa shape index (κ3) is 5.88. The van der Waals surface area contributed by atoms with Crippen molar-refractivity contribution in [2.24, 2.45) is 0 Å². The van der Waals surface area contributed by atoms with E-state index in [1.54, 1.807) is 0 Å². The molecule has 11 aromatic rings. The lowest BCUT2D eigenvalue weighted by molar-refractivity contribution is 1.17. The van der Waals surface area contributed by atoms with Crippen LogP contribution in [0.15, 0.2) is 218 Å². The molecule has 0 radical (unpaired) electrons. The summed E-state index contributed by atoms with van der Waals surface area (Å²) in [4.78, 5) is 2.40. The Labute approximate surface area is 335 Å². The van der Waals surface area contributed by atoms with E-state index in [1.165, 1.54) is 75.4 Å². The molecular formula is C54H36N2S. The van der Waals surface area contributed by atoms with Gasteiger partial charge in [-0.15, -0.1) is 11.3 Å². The highest BCUT2D eigenvalue weighted by Gasteiger charge is 2.18. The third-order valence-electron chi connectivity index (χ3n) is 11.2. The highest BCUT2D eigenvalue weighted by Crippen LogP contribution is 2.42.